The van der Waals surface area contributed by atoms with E-state index in [9.17, 15) is 4.79 Å². The number of carbonyl (C=O) groups excluding carboxylic acids is 1. The Bertz CT molecular complexity index is 745. The van der Waals surface area contributed by atoms with Crippen LogP contribution in [-0.2, 0) is 0 Å². The Hall–Kier alpha value is -1.65. The second kappa shape index (κ2) is 6.34. The van der Waals surface area contributed by atoms with E-state index in [2.05, 4.69) is 30.3 Å². The van der Waals surface area contributed by atoms with E-state index in [-0.39, 0.29) is 11.9 Å². The average molecular weight is 340 g/mol. The lowest BCUT2D eigenvalue weighted by molar-refractivity contribution is 0.0795. The molecule has 3 nitrogen and oxygen atoms in total. The van der Waals surface area contributed by atoms with Crippen molar-refractivity contribution in [3.63, 3.8) is 0 Å². The number of amides is 1. The van der Waals surface area contributed by atoms with Gasteiger partial charge in [-0.2, -0.15) is 0 Å². The first kappa shape index (κ1) is 15.9. The van der Waals surface area contributed by atoms with Gasteiger partial charge in [-0.15, -0.1) is 11.3 Å². The number of carbonyl (C=O) groups is 1. The number of benzene rings is 1. The van der Waals surface area contributed by atoms with Crippen molar-refractivity contribution >= 4 is 17.2 Å². The van der Waals surface area contributed by atoms with Gasteiger partial charge in [0.1, 0.15) is 0 Å². The summed E-state index contributed by atoms with van der Waals surface area (Å²) in [5, 5.41) is 0. The van der Waals surface area contributed by atoms with Gasteiger partial charge in [0.05, 0.1) is 4.88 Å². The number of nitrogens with zero attached hydrogens (tertiary/aromatic N) is 1. The molecule has 1 saturated heterocycles. The summed E-state index contributed by atoms with van der Waals surface area (Å²) in [5.74, 6) is 0.906. The third-order valence-electron chi connectivity index (χ3n) is 5.40. The van der Waals surface area contributed by atoms with Gasteiger partial charge in [0, 0.05) is 24.0 Å². The minimum absolute atomic E-state index is 0.132. The molecule has 4 heteroatoms. The molecule has 2 heterocycles. The number of hydrogen-bond acceptors (Lipinski definition) is 3. The third-order valence-corrected chi connectivity index (χ3v) is 6.67. The summed E-state index contributed by atoms with van der Waals surface area (Å²) in [6.07, 6.45) is 4.93. The summed E-state index contributed by atoms with van der Waals surface area (Å²) in [7, 11) is 0. The summed E-state index contributed by atoms with van der Waals surface area (Å²) in [4.78, 5) is 16.7. The predicted octanol–water partition coefficient (Wildman–Crippen LogP) is 4.16. The molecule has 1 saturated carbocycles. The van der Waals surface area contributed by atoms with Crippen molar-refractivity contribution in [2.24, 2.45) is 5.73 Å². The van der Waals surface area contributed by atoms with Gasteiger partial charge in [0.15, 0.2) is 0 Å². The van der Waals surface area contributed by atoms with E-state index in [1.165, 1.54) is 35.3 Å². The molecule has 1 aromatic carbocycles. The van der Waals surface area contributed by atoms with Crippen LogP contribution < -0.4 is 5.73 Å². The van der Waals surface area contributed by atoms with Crippen LogP contribution in [0, 0.1) is 6.92 Å². The second-order valence-electron chi connectivity index (χ2n) is 7.17. The highest BCUT2D eigenvalue weighted by Crippen LogP contribution is 2.38. The van der Waals surface area contributed by atoms with E-state index < -0.39 is 0 Å². The Balaban J connectivity index is 1.55. The maximum Gasteiger partial charge on any atom is 0.264 e. The fourth-order valence-corrected chi connectivity index (χ4v) is 4.76. The molecule has 1 aliphatic heterocycles. The summed E-state index contributed by atoms with van der Waals surface area (Å²) in [6, 6.07) is 11.2. The molecule has 4 rings (SSSR count). The lowest BCUT2D eigenvalue weighted by atomic mass is 9.80. The standard InChI is InChI=1S/C20H24N2OS/c1-13-11-18(16-7-5-15(6-8-16)14-3-2-4-14)24-19(13)20(23)22-10-9-17(21)12-22/h5-8,11,14,17H,2-4,9-10,12,21H2,1H3/t17-/m0/s1. The van der Waals surface area contributed by atoms with Crippen LogP contribution in [0.25, 0.3) is 10.4 Å². The summed E-state index contributed by atoms with van der Waals surface area (Å²) in [6.45, 7) is 3.50. The van der Waals surface area contributed by atoms with Gasteiger partial charge in [0.25, 0.3) is 5.91 Å². The van der Waals surface area contributed by atoms with E-state index in [4.69, 9.17) is 5.73 Å². The first-order chi connectivity index (χ1) is 11.6. The Morgan fingerprint density at radius 1 is 1.21 bits per heavy atom. The van der Waals surface area contributed by atoms with Gasteiger partial charge >= 0.3 is 0 Å². The zero-order valence-corrected chi connectivity index (χ0v) is 14.9. The van der Waals surface area contributed by atoms with E-state index in [1.807, 2.05) is 11.8 Å². The van der Waals surface area contributed by atoms with Crippen molar-refractivity contribution in [3.8, 4) is 10.4 Å². The number of thiophene rings is 1. The highest BCUT2D eigenvalue weighted by molar-refractivity contribution is 7.17. The largest absolute Gasteiger partial charge is 0.336 e. The Labute approximate surface area is 147 Å². The van der Waals surface area contributed by atoms with Gasteiger partial charge < -0.3 is 10.6 Å². The Kier molecular flexibility index (Phi) is 4.19. The van der Waals surface area contributed by atoms with Crippen LogP contribution in [0.3, 0.4) is 0 Å². The molecule has 2 aliphatic rings. The van der Waals surface area contributed by atoms with E-state index in [1.54, 1.807) is 11.3 Å². The number of aryl methyl sites for hydroxylation is 1. The molecular weight excluding hydrogens is 316 g/mol. The van der Waals surface area contributed by atoms with Crippen molar-refractivity contribution in [2.75, 3.05) is 13.1 Å². The molecule has 1 aromatic heterocycles. The number of likely N-dealkylation sites (tertiary alicyclic amines) is 1. The van der Waals surface area contributed by atoms with Crippen LogP contribution in [0.5, 0.6) is 0 Å². The van der Waals surface area contributed by atoms with Crippen LogP contribution in [-0.4, -0.2) is 29.9 Å². The summed E-state index contributed by atoms with van der Waals surface area (Å²) < 4.78 is 0. The van der Waals surface area contributed by atoms with Gasteiger partial charge in [-0.1, -0.05) is 30.7 Å². The molecule has 1 aliphatic carbocycles. The van der Waals surface area contributed by atoms with Crippen LogP contribution in [0.1, 0.15) is 52.4 Å². The lowest BCUT2D eigenvalue weighted by Gasteiger charge is -2.25. The topological polar surface area (TPSA) is 46.3 Å². The molecule has 2 fully saturated rings. The molecule has 2 N–H and O–H groups in total. The number of nitrogens with two attached hydrogens (primary N) is 1. The lowest BCUT2D eigenvalue weighted by Crippen LogP contribution is -2.31. The smallest absolute Gasteiger partial charge is 0.264 e. The zero-order valence-electron chi connectivity index (χ0n) is 14.1. The Morgan fingerprint density at radius 2 is 1.96 bits per heavy atom. The molecule has 1 amide bonds. The zero-order chi connectivity index (χ0) is 16.7. The van der Waals surface area contributed by atoms with Gasteiger partial charge in [0.2, 0.25) is 0 Å². The maximum atomic E-state index is 12.7. The highest BCUT2D eigenvalue weighted by Gasteiger charge is 2.27. The first-order valence-corrected chi connectivity index (χ1v) is 9.69. The molecule has 0 radical (unpaired) electrons. The van der Waals surface area contributed by atoms with Crippen LogP contribution in [0.2, 0.25) is 0 Å². The van der Waals surface area contributed by atoms with Crippen molar-refractivity contribution in [1.82, 2.24) is 4.90 Å². The molecule has 2 aromatic rings. The average Bonchev–Trinajstić information content (AvgIpc) is 3.12. The molecule has 0 spiro atoms. The van der Waals surface area contributed by atoms with E-state index >= 15 is 0 Å². The van der Waals surface area contributed by atoms with Gasteiger partial charge in [-0.05, 0) is 54.9 Å². The molecule has 24 heavy (non-hydrogen) atoms. The third kappa shape index (κ3) is 2.89. The number of hydrogen-bond donors (Lipinski definition) is 1. The fourth-order valence-electron chi connectivity index (χ4n) is 3.61. The first-order valence-electron chi connectivity index (χ1n) is 8.87. The minimum atomic E-state index is 0.132. The molecule has 0 unspecified atom stereocenters. The summed E-state index contributed by atoms with van der Waals surface area (Å²) in [5.41, 5.74) is 9.68. The SMILES string of the molecule is Cc1cc(-c2ccc(C3CCC3)cc2)sc1C(=O)N1CC[C@H](N)C1. The maximum absolute atomic E-state index is 12.7. The predicted molar refractivity (Wildman–Crippen MR) is 99.6 cm³/mol. The van der Waals surface area contributed by atoms with E-state index in [0.29, 0.717) is 6.54 Å². The van der Waals surface area contributed by atoms with Gasteiger partial charge in [-0.25, -0.2) is 0 Å². The minimum Gasteiger partial charge on any atom is -0.336 e. The molecular formula is C20H24N2OS. The molecule has 1 atom stereocenters. The second-order valence-corrected chi connectivity index (χ2v) is 8.22. The van der Waals surface area contributed by atoms with Crippen molar-refractivity contribution in [2.45, 2.75) is 44.6 Å². The monoisotopic (exact) mass is 340 g/mol. The molecule has 126 valence electrons. The van der Waals surface area contributed by atoms with E-state index in [0.717, 1.165) is 29.3 Å². The van der Waals surface area contributed by atoms with Crippen LogP contribution >= 0.6 is 11.3 Å². The Morgan fingerprint density at radius 3 is 2.54 bits per heavy atom. The van der Waals surface area contributed by atoms with Crippen molar-refractivity contribution < 1.29 is 4.79 Å². The fraction of sp³-hybridized carbons (Fsp3) is 0.450. The van der Waals surface area contributed by atoms with Gasteiger partial charge in [-0.3, -0.25) is 4.79 Å². The van der Waals surface area contributed by atoms with Crippen LogP contribution in [0.4, 0.5) is 0 Å². The van der Waals surface area contributed by atoms with Crippen molar-refractivity contribution in [1.29, 1.82) is 0 Å². The molecule has 0 bridgehead atoms. The normalized spacial score (nSPS) is 21.1. The number of rotatable bonds is 3. The quantitative estimate of drug-likeness (QED) is 0.912. The highest BCUT2D eigenvalue weighted by atomic mass is 32.1. The van der Waals surface area contributed by atoms with Crippen molar-refractivity contribution in [3.05, 3.63) is 46.3 Å². The van der Waals surface area contributed by atoms with Crippen LogP contribution in [0.15, 0.2) is 30.3 Å². The summed E-state index contributed by atoms with van der Waals surface area (Å²) >= 11 is 1.61.